The second-order valence-corrected chi connectivity index (χ2v) is 10.3. The van der Waals surface area contributed by atoms with Crippen LogP contribution in [0, 0.1) is 0 Å². The first-order valence-electron chi connectivity index (χ1n) is 12.3. The SMILES string of the molecule is CCC(C)(OC(=O)[C@H](N)CSC(c1ccccc1)(c1ccccc1)c1ccccc1)c1ccccc1. The maximum Gasteiger partial charge on any atom is 0.324 e. The molecule has 4 aromatic rings. The fraction of sp³-hybridized carbons (Fsp3) is 0.219. The zero-order valence-electron chi connectivity index (χ0n) is 20.8. The zero-order chi connectivity index (χ0) is 25.4. The lowest BCUT2D eigenvalue weighted by atomic mass is 9.84. The number of carbonyl (C=O) groups excluding carboxylic acids is 1. The van der Waals surface area contributed by atoms with E-state index in [1.807, 2.05) is 62.4 Å². The van der Waals surface area contributed by atoms with E-state index < -0.39 is 22.4 Å². The highest BCUT2D eigenvalue weighted by atomic mass is 32.2. The van der Waals surface area contributed by atoms with Crippen LogP contribution in [0.4, 0.5) is 0 Å². The molecular weight excluding hydrogens is 462 g/mol. The fourth-order valence-electron chi connectivity index (χ4n) is 4.48. The fourth-order valence-corrected chi connectivity index (χ4v) is 5.95. The first kappa shape index (κ1) is 25.7. The van der Waals surface area contributed by atoms with Gasteiger partial charge in [-0.05, 0) is 35.6 Å². The van der Waals surface area contributed by atoms with Crippen molar-refractivity contribution >= 4 is 17.7 Å². The van der Waals surface area contributed by atoms with Gasteiger partial charge in [-0.25, -0.2) is 0 Å². The van der Waals surface area contributed by atoms with E-state index in [2.05, 4.69) is 72.8 Å². The normalized spacial score (nSPS) is 14.0. The molecule has 0 aromatic heterocycles. The summed E-state index contributed by atoms with van der Waals surface area (Å²) >= 11 is 1.67. The summed E-state index contributed by atoms with van der Waals surface area (Å²) in [6.07, 6.45) is 0.657. The summed E-state index contributed by atoms with van der Waals surface area (Å²) in [6.45, 7) is 3.97. The average molecular weight is 496 g/mol. The zero-order valence-corrected chi connectivity index (χ0v) is 21.7. The van der Waals surface area contributed by atoms with Crippen LogP contribution in [0.1, 0.15) is 42.5 Å². The molecule has 0 heterocycles. The number of ether oxygens (including phenoxy) is 1. The lowest BCUT2D eigenvalue weighted by molar-refractivity contribution is -0.160. The molecule has 0 fully saturated rings. The van der Waals surface area contributed by atoms with Gasteiger partial charge in [0.2, 0.25) is 0 Å². The Bertz CT molecular complexity index is 1140. The van der Waals surface area contributed by atoms with Crippen LogP contribution in [0.2, 0.25) is 0 Å². The summed E-state index contributed by atoms with van der Waals surface area (Å²) < 4.78 is 5.51. The van der Waals surface area contributed by atoms with Gasteiger partial charge in [-0.1, -0.05) is 128 Å². The molecule has 4 heteroatoms. The summed E-state index contributed by atoms with van der Waals surface area (Å²) in [5, 5.41) is 0. The van der Waals surface area contributed by atoms with Crippen LogP contribution < -0.4 is 5.73 Å². The molecule has 0 radical (unpaired) electrons. The molecule has 0 aliphatic heterocycles. The monoisotopic (exact) mass is 495 g/mol. The first-order chi connectivity index (χ1) is 17.5. The summed E-state index contributed by atoms with van der Waals surface area (Å²) in [7, 11) is 0. The van der Waals surface area contributed by atoms with Crippen molar-refractivity contribution in [2.24, 2.45) is 5.73 Å². The Hall–Kier alpha value is -3.34. The first-order valence-corrected chi connectivity index (χ1v) is 13.3. The minimum atomic E-state index is -0.778. The standard InChI is InChI=1S/C32H33NO2S/c1-3-31(2,25-16-8-4-9-17-25)35-30(34)29(33)24-36-32(26-18-10-5-11-19-26,27-20-12-6-13-21-27)28-22-14-7-15-23-28/h4-23,29H,3,24,33H2,1-2H3/t29-,31?/m1/s1. The summed E-state index contributed by atoms with van der Waals surface area (Å²) in [6, 6.07) is 40.3. The van der Waals surface area contributed by atoms with E-state index in [4.69, 9.17) is 10.5 Å². The Kier molecular flexibility index (Phi) is 8.29. The van der Waals surface area contributed by atoms with Crippen molar-refractivity contribution in [1.29, 1.82) is 0 Å². The summed E-state index contributed by atoms with van der Waals surface area (Å²) in [4.78, 5) is 13.3. The molecule has 4 rings (SSSR count). The topological polar surface area (TPSA) is 52.3 Å². The molecular formula is C32H33NO2S. The minimum Gasteiger partial charge on any atom is -0.453 e. The largest absolute Gasteiger partial charge is 0.453 e. The average Bonchev–Trinajstić information content (AvgIpc) is 2.95. The Morgan fingerprint density at radius 2 is 1.08 bits per heavy atom. The van der Waals surface area contributed by atoms with Gasteiger partial charge in [-0.2, -0.15) is 0 Å². The van der Waals surface area contributed by atoms with E-state index in [-0.39, 0.29) is 0 Å². The van der Waals surface area contributed by atoms with Gasteiger partial charge in [0.1, 0.15) is 11.6 Å². The van der Waals surface area contributed by atoms with Gasteiger partial charge >= 0.3 is 5.97 Å². The molecule has 2 N–H and O–H groups in total. The number of benzene rings is 4. The maximum atomic E-state index is 13.3. The number of hydrogen-bond donors (Lipinski definition) is 1. The third-order valence-electron chi connectivity index (χ3n) is 6.71. The van der Waals surface area contributed by atoms with E-state index in [0.717, 1.165) is 22.3 Å². The van der Waals surface area contributed by atoms with Gasteiger partial charge in [-0.3, -0.25) is 4.79 Å². The van der Waals surface area contributed by atoms with Gasteiger partial charge < -0.3 is 10.5 Å². The van der Waals surface area contributed by atoms with E-state index in [1.165, 1.54) is 0 Å². The summed E-state index contributed by atoms with van der Waals surface area (Å²) in [5.74, 6) is 0.00493. The van der Waals surface area contributed by atoms with Crippen LogP contribution in [0.15, 0.2) is 121 Å². The van der Waals surface area contributed by atoms with E-state index in [9.17, 15) is 4.79 Å². The van der Waals surface area contributed by atoms with Crippen LogP contribution in [-0.4, -0.2) is 17.8 Å². The Balaban J connectivity index is 1.65. The summed E-state index contributed by atoms with van der Waals surface area (Å²) in [5.41, 5.74) is 10.1. The second-order valence-electron chi connectivity index (χ2n) is 9.07. The van der Waals surface area contributed by atoms with E-state index in [1.54, 1.807) is 11.8 Å². The third-order valence-corrected chi connectivity index (χ3v) is 8.37. The highest BCUT2D eigenvalue weighted by Gasteiger charge is 2.39. The van der Waals surface area contributed by atoms with Crippen LogP contribution in [0.5, 0.6) is 0 Å². The lowest BCUT2D eigenvalue weighted by Crippen LogP contribution is -2.41. The number of carbonyl (C=O) groups is 1. The van der Waals surface area contributed by atoms with E-state index >= 15 is 0 Å². The number of nitrogens with two attached hydrogens (primary N) is 1. The van der Waals surface area contributed by atoms with Crippen LogP contribution in [-0.2, 0) is 19.9 Å². The number of thioether (sulfide) groups is 1. The molecule has 4 aromatic carbocycles. The van der Waals surface area contributed by atoms with Crippen molar-refractivity contribution in [2.45, 2.75) is 36.7 Å². The molecule has 36 heavy (non-hydrogen) atoms. The Labute approximate surface area is 218 Å². The van der Waals surface area contributed by atoms with E-state index in [0.29, 0.717) is 12.2 Å². The molecule has 1 unspecified atom stereocenters. The minimum absolute atomic E-state index is 0.390. The molecule has 0 amide bonds. The Morgan fingerprint density at radius 1 is 0.722 bits per heavy atom. The van der Waals surface area contributed by atoms with Crippen molar-refractivity contribution in [2.75, 3.05) is 5.75 Å². The maximum absolute atomic E-state index is 13.3. The number of rotatable bonds is 10. The smallest absolute Gasteiger partial charge is 0.324 e. The quantitative estimate of drug-likeness (QED) is 0.192. The molecule has 0 saturated heterocycles. The predicted molar refractivity (Wildman–Crippen MR) is 150 cm³/mol. The van der Waals surface area contributed by atoms with Gasteiger partial charge in [0.05, 0.1) is 4.75 Å². The van der Waals surface area contributed by atoms with Crippen molar-refractivity contribution in [3.05, 3.63) is 144 Å². The molecule has 184 valence electrons. The molecule has 3 nitrogen and oxygen atoms in total. The van der Waals surface area contributed by atoms with Gasteiger partial charge in [-0.15, -0.1) is 11.8 Å². The van der Waals surface area contributed by atoms with Crippen LogP contribution >= 0.6 is 11.8 Å². The van der Waals surface area contributed by atoms with Crippen LogP contribution in [0.25, 0.3) is 0 Å². The van der Waals surface area contributed by atoms with Crippen molar-refractivity contribution in [3.8, 4) is 0 Å². The molecule has 0 bridgehead atoms. The molecule has 0 aliphatic carbocycles. The van der Waals surface area contributed by atoms with Crippen molar-refractivity contribution in [3.63, 3.8) is 0 Å². The molecule has 0 aliphatic rings. The highest BCUT2D eigenvalue weighted by Crippen LogP contribution is 2.48. The lowest BCUT2D eigenvalue weighted by Gasteiger charge is -2.36. The number of hydrogen-bond acceptors (Lipinski definition) is 4. The molecule has 2 atom stereocenters. The molecule has 0 saturated carbocycles. The highest BCUT2D eigenvalue weighted by molar-refractivity contribution is 8.00. The third kappa shape index (κ3) is 5.40. The van der Waals surface area contributed by atoms with Crippen LogP contribution in [0.3, 0.4) is 0 Å². The second kappa shape index (κ2) is 11.6. The van der Waals surface area contributed by atoms with Gasteiger partial charge in [0.15, 0.2) is 0 Å². The predicted octanol–water partition coefficient (Wildman–Crippen LogP) is 6.91. The van der Waals surface area contributed by atoms with Gasteiger partial charge in [0.25, 0.3) is 0 Å². The Morgan fingerprint density at radius 3 is 1.44 bits per heavy atom. The molecule has 0 spiro atoms. The van der Waals surface area contributed by atoms with Gasteiger partial charge in [0, 0.05) is 5.75 Å². The van der Waals surface area contributed by atoms with Crippen molar-refractivity contribution < 1.29 is 9.53 Å². The number of esters is 1. The van der Waals surface area contributed by atoms with Crippen molar-refractivity contribution in [1.82, 2.24) is 0 Å².